The molecule has 0 aliphatic carbocycles. The molecule has 4 nitrogen and oxygen atoms in total. The van der Waals surface area contributed by atoms with Gasteiger partial charge in [0.15, 0.2) is 0 Å². The summed E-state index contributed by atoms with van der Waals surface area (Å²) in [5.41, 5.74) is 7.65. The molecule has 36 heavy (non-hydrogen) atoms. The Balaban J connectivity index is 1.81. The number of nitrogens with zero attached hydrogens (tertiary/aromatic N) is 4. The Hall–Kier alpha value is -3.92. The van der Waals surface area contributed by atoms with Gasteiger partial charge in [-0.2, -0.15) is 20.4 Å². The fourth-order valence-electron chi connectivity index (χ4n) is 4.54. The Morgan fingerprint density at radius 3 is 1.89 bits per heavy atom. The van der Waals surface area contributed by atoms with Gasteiger partial charge in [-0.15, -0.1) is 0 Å². The Morgan fingerprint density at radius 2 is 1.22 bits per heavy atom. The van der Waals surface area contributed by atoms with Gasteiger partial charge in [0.2, 0.25) is 0 Å². The molecule has 0 N–H and O–H groups in total. The Labute approximate surface area is 213 Å². The van der Waals surface area contributed by atoms with Crippen LogP contribution in [-0.4, -0.2) is 20.4 Å². The molecule has 4 heteroatoms. The number of fused-ring (bicyclic) bond motifs is 1. The van der Waals surface area contributed by atoms with Crippen molar-refractivity contribution in [3.63, 3.8) is 0 Å². The molecular formula is C32H32N4. The summed E-state index contributed by atoms with van der Waals surface area (Å²) in [5.74, 6) is 0. The van der Waals surface area contributed by atoms with Crippen molar-refractivity contribution in [3.8, 4) is 33.6 Å². The minimum absolute atomic E-state index is 0.0634. The monoisotopic (exact) mass is 472 g/mol. The second-order valence-corrected chi connectivity index (χ2v) is 11.4. The molecule has 5 aromatic rings. The van der Waals surface area contributed by atoms with Crippen LogP contribution in [0.3, 0.4) is 0 Å². The van der Waals surface area contributed by atoms with E-state index >= 15 is 0 Å². The van der Waals surface area contributed by atoms with Gasteiger partial charge in [0.05, 0.1) is 22.8 Å². The fraction of sp³-hybridized carbons (Fsp3) is 0.250. The van der Waals surface area contributed by atoms with E-state index in [9.17, 15) is 0 Å². The highest BCUT2D eigenvalue weighted by molar-refractivity contribution is 6.03. The summed E-state index contributed by atoms with van der Waals surface area (Å²) in [4.78, 5) is 0. The molecule has 0 radical (unpaired) electrons. The molecule has 0 spiro atoms. The average Bonchev–Trinajstić information content (AvgIpc) is 2.87. The minimum Gasteiger partial charge on any atom is -0.154 e. The van der Waals surface area contributed by atoms with E-state index in [-0.39, 0.29) is 10.8 Å². The van der Waals surface area contributed by atoms with Gasteiger partial charge >= 0.3 is 0 Å². The van der Waals surface area contributed by atoms with Crippen molar-refractivity contribution in [2.75, 3.05) is 0 Å². The first-order chi connectivity index (χ1) is 17.1. The summed E-state index contributed by atoms with van der Waals surface area (Å²) in [6, 6.07) is 29.4. The van der Waals surface area contributed by atoms with E-state index in [4.69, 9.17) is 10.2 Å². The molecule has 0 bridgehead atoms. The first-order valence-corrected chi connectivity index (χ1v) is 12.4. The Morgan fingerprint density at radius 1 is 0.528 bits per heavy atom. The van der Waals surface area contributed by atoms with Gasteiger partial charge in [0, 0.05) is 27.5 Å². The van der Waals surface area contributed by atoms with E-state index in [1.165, 1.54) is 5.39 Å². The van der Waals surface area contributed by atoms with Crippen LogP contribution in [0.15, 0.2) is 84.9 Å². The van der Waals surface area contributed by atoms with E-state index in [0.717, 1.165) is 50.4 Å². The predicted octanol–water partition coefficient (Wildman–Crippen LogP) is 8.02. The smallest absolute Gasteiger partial charge is 0.0942 e. The summed E-state index contributed by atoms with van der Waals surface area (Å²) in [6.45, 7) is 13.0. The molecule has 180 valence electrons. The molecule has 0 fully saturated rings. The SMILES string of the molecule is CC(C)(C)c1ccc(-c2c(-c3cc(-c4ccccc4)nnc3C(C)(C)C)ccc3ccccc23)nn1. The highest BCUT2D eigenvalue weighted by Crippen LogP contribution is 2.41. The van der Waals surface area contributed by atoms with Crippen LogP contribution in [0.5, 0.6) is 0 Å². The molecule has 0 aliphatic rings. The van der Waals surface area contributed by atoms with Crippen molar-refractivity contribution in [1.82, 2.24) is 20.4 Å². The molecule has 0 saturated carbocycles. The van der Waals surface area contributed by atoms with E-state index < -0.39 is 0 Å². The van der Waals surface area contributed by atoms with Crippen molar-refractivity contribution in [3.05, 3.63) is 96.3 Å². The molecule has 0 amide bonds. The van der Waals surface area contributed by atoms with Crippen molar-refractivity contribution in [1.29, 1.82) is 0 Å². The summed E-state index contributed by atoms with van der Waals surface area (Å²) >= 11 is 0. The number of aromatic nitrogens is 4. The molecule has 0 aliphatic heterocycles. The lowest BCUT2D eigenvalue weighted by atomic mass is 9.83. The second-order valence-electron chi connectivity index (χ2n) is 11.4. The van der Waals surface area contributed by atoms with Gasteiger partial charge in [-0.05, 0) is 34.5 Å². The molecule has 0 saturated heterocycles. The second kappa shape index (κ2) is 8.94. The number of hydrogen-bond donors (Lipinski definition) is 0. The van der Waals surface area contributed by atoms with Crippen molar-refractivity contribution in [2.24, 2.45) is 0 Å². The lowest BCUT2D eigenvalue weighted by Crippen LogP contribution is -2.17. The van der Waals surface area contributed by atoms with Crippen LogP contribution < -0.4 is 0 Å². The third-order valence-corrected chi connectivity index (χ3v) is 6.48. The maximum atomic E-state index is 4.78. The quantitative estimate of drug-likeness (QED) is 0.267. The fourth-order valence-corrected chi connectivity index (χ4v) is 4.54. The zero-order chi connectivity index (χ0) is 25.5. The zero-order valence-electron chi connectivity index (χ0n) is 21.9. The summed E-state index contributed by atoms with van der Waals surface area (Å²) in [6.07, 6.45) is 0. The molecule has 0 unspecified atom stereocenters. The van der Waals surface area contributed by atoms with Crippen molar-refractivity contribution >= 4 is 10.8 Å². The van der Waals surface area contributed by atoms with E-state index in [1.54, 1.807) is 0 Å². The van der Waals surface area contributed by atoms with Gasteiger partial charge in [-0.3, -0.25) is 0 Å². The molecule has 3 aromatic carbocycles. The third-order valence-electron chi connectivity index (χ3n) is 6.48. The third kappa shape index (κ3) is 4.51. The zero-order valence-corrected chi connectivity index (χ0v) is 21.9. The van der Waals surface area contributed by atoms with Crippen LogP contribution in [0.1, 0.15) is 52.9 Å². The molecule has 2 aromatic heterocycles. The molecule has 5 rings (SSSR count). The Kier molecular flexibility index (Phi) is 5.91. The van der Waals surface area contributed by atoms with E-state index in [0.29, 0.717) is 0 Å². The van der Waals surface area contributed by atoms with E-state index in [1.807, 2.05) is 18.2 Å². The predicted molar refractivity (Wildman–Crippen MR) is 149 cm³/mol. The van der Waals surface area contributed by atoms with Crippen LogP contribution in [0.2, 0.25) is 0 Å². The topological polar surface area (TPSA) is 51.6 Å². The van der Waals surface area contributed by atoms with Gasteiger partial charge in [0.25, 0.3) is 0 Å². The van der Waals surface area contributed by atoms with Crippen LogP contribution in [0, 0.1) is 0 Å². The standard InChI is InChI=1S/C32H32N4/c1-31(2,3)28-19-18-26(33-35-28)29-23-15-11-10-12-21(23)16-17-24(29)25-20-27(22-13-8-7-9-14-22)34-36-30(25)32(4,5)6/h7-20H,1-6H3. The summed E-state index contributed by atoms with van der Waals surface area (Å²) < 4.78 is 0. The van der Waals surface area contributed by atoms with Crippen LogP contribution in [0.25, 0.3) is 44.4 Å². The van der Waals surface area contributed by atoms with Gasteiger partial charge in [-0.25, -0.2) is 0 Å². The number of hydrogen-bond acceptors (Lipinski definition) is 4. The molecule has 2 heterocycles. The van der Waals surface area contributed by atoms with Crippen molar-refractivity contribution < 1.29 is 0 Å². The Bertz CT molecular complexity index is 1520. The summed E-state index contributed by atoms with van der Waals surface area (Å²) in [5, 5.41) is 21.1. The lowest BCUT2D eigenvalue weighted by Gasteiger charge is -2.23. The first kappa shape index (κ1) is 23.8. The summed E-state index contributed by atoms with van der Waals surface area (Å²) in [7, 11) is 0. The minimum atomic E-state index is -0.192. The van der Waals surface area contributed by atoms with Crippen LogP contribution in [0.4, 0.5) is 0 Å². The van der Waals surface area contributed by atoms with Crippen molar-refractivity contribution in [2.45, 2.75) is 52.4 Å². The maximum absolute atomic E-state index is 4.78. The maximum Gasteiger partial charge on any atom is 0.0942 e. The van der Waals surface area contributed by atoms with Gasteiger partial charge in [-0.1, -0.05) is 108 Å². The number of benzene rings is 3. The largest absolute Gasteiger partial charge is 0.154 e. The van der Waals surface area contributed by atoms with Gasteiger partial charge < -0.3 is 0 Å². The van der Waals surface area contributed by atoms with Crippen LogP contribution in [-0.2, 0) is 10.8 Å². The number of rotatable bonds is 3. The van der Waals surface area contributed by atoms with Crippen LogP contribution >= 0.6 is 0 Å². The molecule has 0 atom stereocenters. The lowest BCUT2D eigenvalue weighted by molar-refractivity contribution is 0.559. The normalized spacial score (nSPS) is 12.2. The average molecular weight is 473 g/mol. The van der Waals surface area contributed by atoms with E-state index in [2.05, 4.69) is 118 Å². The highest BCUT2D eigenvalue weighted by Gasteiger charge is 2.25. The first-order valence-electron chi connectivity index (χ1n) is 12.4. The highest BCUT2D eigenvalue weighted by atomic mass is 15.1. The molecular weight excluding hydrogens is 440 g/mol. The van der Waals surface area contributed by atoms with Gasteiger partial charge in [0.1, 0.15) is 0 Å².